The third-order valence-corrected chi connectivity index (χ3v) is 2.00. The Morgan fingerprint density at radius 2 is 2.06 bits per heavy atom. The lowest BCUT2D eigenvalue weighted by molar-refractivity contribution is -0.141. The summed E-state index contributed by atoms with van der Waals surface area (Å²) in [6, 6.07) is 1.62. The van der Waals surface area contributed by atoms with Crippen LogP contribution in [0.1, 0.15) is 22.5 Å². The fourth-order valence-corrected chi connectivity index (χ4v) is 1.15. The summed E-state index contributed by atoms with van der Waals surface area (Å²) in [5, 5.41) is 0. The number of pyridine rings is 1. The molecule has 0 aromatic carbocycles. The molecular formula is C10H12F3N3O2. The van der Waals surface area contributed by atoms with Gasteiger partial charge in [-0.1, -0.05) is 0 Å². The normalized spacial score (nSPS) is 11.3. The molecule has 0 aliphatic heterocycles. The van der Waals surface area contributed by atoms with Gasteiger partial charge in [0.15, 0.2) is 0 Å². The van der Waals surface area contributed by atoms with Crippen molar-refractivity contribution in [3.05, 3.63) is 23.4 Å². The van der Waals surface area contributed by atoms with E-state index < -0.39 is 23.7 Å². The minimum absolute atomic E-state index is 0.0606. The summed E-state index contributed by atoms with van der Waals surface area (Å²) < 4.78 is 42.3. The number of alkyl halides is 3. The molecule has 1 rings (SSSR count). The van der Waals surface area contributed by atoms with E-state index in [-0.39, 0.29) is 12.2 Å². The third kappa shape index (κ3) is 3.59. The molecule has 1 aromatic rings. The first-order valence-electron chi connectivity index (χ1n) is 5.07. The van der Waals surface area contributed by atoms with Crippen LogP contribution in [0.5, 0.6) is 5.88 Å². The summed E-state index contributed by atoms with van der Waals surface area (Å²) >= 11 is 0. The maximum Gasteiger partial charge on any atom is 0.433 e. The zero-order chi connectivity index (χ0) is 13.8. The van der Waals surface area contributed by atoms with Crippen LogP contribution >= 0.6 is 0 Å². The summed E-state index contributed by atoms with van der Waals surface area (Å²) in [6.45, 7) is 0.371. The van der Waals surface area contributed by atoms with E-state index in [1.54, 1.807) is 0 Å². The van der Waals surface area contributed by atoms with Gasteiger partial charge in [0.25, 0.3) is 5.91 Å². The van der Waals surface area contributed by atoms with E-state index in [9.17, 15) is 18.0 Å². The van der Waals surface area contributed by atoms with Crippen LogP contribution in [0.25, 0.3) is 0 Å². The number of nitrogens with two attached hydrogens (primary N) is 2. The minimum Gasteiger partial charge on any atom is -0.477 e. The Kier molecular flexibility index (Phi) is 4.49. The molecule has 18 heavy (non-hydrogen) atoms. The molecule has 8 heteroatoms. The van der Waals surface area contributed by atoms with Gasteiger partial charge in [0.05, 0.1) is 6.61 Å². The molecule has 0 saturated carbocycles. The minimum atomic E-state index is -4.61. The molecule has 0 unspecified atom stereocenters. The zero-order valence-electron chi connectivity index (χ0n) is 9.33. The van der Waals surface area contributed by atoms with Crippen molar-refractivity contribution in [3.8, 4) is 5.88 Å². The molecule has 0 aliphatic carbocycles. The molecule has 100 valence electrons. The number of carbonyl (C=O) groups excluding carboxylic acids is 1. The molecule has 0 fully saturated rings. The van der Waals surface area contributed by atoms with Gasteiger partial charge in [0.1, 0.15) is 11.3 Å². The molecule has 0 saturated heterocycles. The molecule has 5 nitrogen and oxygen atoms in total. The Balaban J connectivity index is 3.04. The number of hydrogen-bond donors (Lipinski definition) is 2. The number of carbonyl (C=O) groups is 1. The first kappa shape index (κ1) is 14.2. The Morgan fingerprint density at radius 3 is 2.56 bits per heavy atom. The van der Waals surface area contributed by atoms with Crippen molar-refractivity contribution in [1.29, 1.82) is 0 Å². The number of nitrogens with zero attached hydrogens (tertiary/aromatic N) is 1. The summed E-state index contributed by atoms with van der Waals surface area (Å²) in [5.74, 6) is -1.33. The number of primary amides is 1. The number of hydrogen-bond acceptors (Lipinski definition) is 4. The lowest BCUT2D eigenvalue weighted by atomic mass is 10.2. The molecule has 1 heterocycles. The molecule has 0 bridgehead atoms. The predicted octanol–water partition coefficient (Wildman–Crippen LogP) is 0.927. The molecule has 1 amide bonds. The Hall–Kier alpha value is -1.83. The topological polar surface area (TPSA) is 91.2 Å². The first-order valence-corrected chi connectivity index (χ1v) is 5.07. The van der Waals surface area contributed by atoms with Gasteiger partial charge in [0, 0.05) is 0 Å². The summed E-state index contributed by atoms with van der Waals surface area (Å²) in [4.78, 5) is 14.3. The van der Waals surface area contributed by atoms with Crippen molar-refractivity contribution in [2.24, 2.45) is 11.5 Å². The van der Waals surface area contributed by atoms with Crippen molar-refractivity contribution in [2.45, 2.75) is 12.6 Å². The smallest absolute Gasteiger partial charge is 0.433 e. The van der Waals surface area contributed by atoms with E-state index in [4.69, 9.17) is 16.2 Å². The summed E-state index contributed by atoms with van der Waals surface area (Å²) in [6.07, 6.45) is -4.18. The van der Waals surface area contributed by atoms with Crippen molar-refractivity contribution in [2.75, 3.05) is 13.2 Å². The van der Waals surface area contributed by atoms with Crippen molar-refractivity contribution in [3.63, 3.8) is 0 Å². The Bertz CT molecular complexity index is 435. The van der Waals surface area contributed by atoms with Crippen LogP contribution in [-0.2, 0) is 6.18 Å². The van der Waals surface area contributed by atoms with Crippen LogP contribution in [-0.4, -0.2) is 24.0 Å². The van der Waals surface area contributed by atoms with Crippen molar-refractivity contribution >= 4 is 5.91 Å². The lowest BCUT2D eigenvalue weighted by Gasteiger charge is -2.11. The average Bonchev–Trinajstić information content (AvgIpc) is 2.27. The van der Waals surface area contributed by atoms with Crippen molar-refractivity contribution < 1.29 is 22.7 Å². The largest absolute Gasteiger partial charge is 0.477 e. The lowest BCUT2D eigenvalue weighted by Crippen LogP contribution is -2.17. The third-order valence-electron chi connectivity index (χ3n) is 2.00. The maximum atomic E-state index is 12.4. The molecule has 0 atom stereocenters. The molecule has 0 radical (unpaired) electrons. The van der Waals surface area contributed by atoms with Crippen LogP contribution in [0.4, 0.5) is 13.2 Å². The highest BCUT2D eigenvalue weighted by atomic mass is 19.4. The fraction of sp³-hybridized carbons (Fsp3) is 0.400. The second-order valence-corrected chi connectivity index (χ2v) is 3.40. The van der Waals surface area contributed by atoms with E-state index in [1.165, 1.54) is 0 Å². The van der Waals surface area contributed by atoms with E-state index >= 15 is 0 Å². The maximum absolute atomic E-state index is 12.4. The zero-order valence-corrected chi connectivity index (χ0v) is 9.33. The van der Waals surface area contributed by atoms with Gasteiger partial charge >= 0.3 is 6.18 Å². The Labute approximate surface area is 101 Å². The highest BCUT2D eigenvalue weighted by molar-refractivity contribution is 5.95. The SMILES string of the molecule is NCCCOc1nc(C(F)(F)F)ccc1C(N)=O. The van der Waals surface area contributed by atoms with Gasteiger partial charge < -0.3 is 16.2 Å². The highest BCUT2D eigenvalue weighted by Gasteiger charge is 2.33. The van der Waals surface area contributed by atoms with Crippen molar-refractivity contribution in [1.82, 2.24) is 4.98 Å². The fourth-order valence-electron chi connectivity index (χ4n) is 1.15. The van der Waals surface area contributed by atoms with Gasteiger partial charge in [-0.05, 0) is 25.1 Å². The van der Waals surface area contributed by atoms with Gasteiger partial charge in [-0.25, -0.2) is 4.98 Å². The molecule has 4 N–H and O–H groups in total. The van der Waals surface area contributed by atoms with E-state index in [1.807, 2.05) is 0 Å². The number of aromatic nitrogens is 1. The van der Waals surface area contributed by atoms with E-state index in [0.29, 0.717) is 19.0 Å². The number of ether oxygens (including phenoxy) is 1. The second kappa shape index (κ2) is 5.67. The van der Waals surface area contributed by atoms with Gasteiger partial charge in [-0.15, -0.1) is 0 Å². The van der Waals surface area contributed by atoms with Crippen LogP contribution in [0.3, 0.4) is 0 Å². The quantitative estimate of drug-likeness (QED) is 0.773. The highest BCUT2D eigenvalue weighted by Crippen LogP contribution is 2.30. The van der Waals surface area contributed by atoms with Crippen LogP contribution in [0.15, 0.2) is 12.1 Å². The number of amides is 1. The van der Waals surface area contributed by atoms with Crippen LogP contribution in [0, 0.1) is 0 Å². The van der Waals surface area contributed by atoms with Crippen LogP contribution in [0.2, 0.25) is 0 Å². The predicted molar refractivity (Wildman–Crippen MR) is 56.9 cm³/mol. The molecular weight excluding hydrogens is 251 g/mol. The van der Waals surface area contributed by atoms with Gasteiger partial charge in [-0.2, -0.15) is 13.2 Å². The Morgan fingerprint density at radius 1 is 1.39 bits per heavy atom. The van der Waals surface area contributed by atoms with Gasteiger partial charge in [0.2, 0.25) is 5.88 Å². The standard InChI is InChI=1S/C10H12F3N3O2/c11-10(12,13)7-3-2-6(8(15)17)9(16-7)18-5-1-4-14/h2-3H,1,4-5,14H2,(H2,15,17). The van der Waals surface area contributed by atoms with E-state index in [2.05, 4.69) is 4.98 Å². The molecule has 0 spiro atoms. The summed E-state index contributed by atoms with van der Waals surface area (Å²) in [5.41, 5.74) is 8.89. The second-order valence-electron chi connectivity index (χ2n) is 3.40. The van der Waals surface area contributed by atoms with E-state index in [0.717, 1.165) is 6.07 Å². The average molecular weight is 263 g/mol. The van der Waals surface area contributed by atoms with Crippen LogP contribution < -0.4 is 16.2 Å². The van der Waals surface area contributed by atoms with Gasteiger partial charge in [-0.3, -0.25) is 4.79 Å². The summed E-state index contributed by atoms with van der Waals surface area (Å²) in [7, 11) is 0. The monoisotopic (exact) mass is 263 g/mol. The first-order chi connectivity index (χ1) is 8.36. The molecule has 1 aromatic heterocycles. The molecule has 0 aliphatic rings. The number of rotatable bonds is 5. The number of halogens is 3.